The zero-order chi connectivity index (χ0) is 13.5. The number of carbonyl (C=O) groups excluding carboxylic acids is 1. The van der Waals surface area contributed by atoms with E-state index in [-0.39, 0.29) is 11.7 Å². The first-order chi connectivity index (χ1) is 8.49. The first-order valence-corrected chi connectivity index (χ1v) is 6.47. The van der Waals surface area contributed by atoms with Gasteiger partial charge in [-0.1, -0.05) is 26.0 Å². The van der Waals surface area contributed by atoms with Gasteiger partial charge in [-0.25, -0.2) is 4.39 Å². The van der Waals surface area contributed by atoms with Crippen LogP contribution in [0.2, 0.25) is 0 Å². The molecule has 0 aliphatic carbocycles. The number of rotatable bonds is 6. The van der Waals surface area contributed by atoms with E-state index in [0.29, 0.717) is 18.8 Å². The van der Waals surface area contributed by atoms with Crippen molar-refractivity contribution in [3.8, 4) is 0 Å². The standard InChI is InChI=1S/C15H22FNO/c1-12(2)9-10-17(3)15(18)8-7-13-5-4-6-14(16)11-13/h4-6,11-12H,7-10H2,1-3H3. The maximum absolute atomic E-state index is 13.0. The first kappa shape index (κ1) is 14.7. The van der Waals surface area contributed by atoms with Gasteiger partial charge >= 0.3 is 0 Å². The number of aryl methyl sites for hydroxylation is 1. The lowest BCUT2D eigenvalue weighted by molar-refractivity contribution is -0.130. The van der Waals surface area contributed by atoms with Gasteiger partial charge in [0.1, 0.15) is 5.82 Å². The molecule has 0 saturated heterocycles. The van der Waals surface area contributed by atoms with Crippen LogP contribution in [0, 0.1) is 11.7 Å². The maximum Gasteiger partial charge on any atom is 0.222 e. The Bertz CT molecular complexity index is 390. The number of hydrogen-bond donors (Lipinski definition) is 0. The van der Waals surface area contributed by atoms with Crippen molar-refractivity contribution in [1.29, 1.82) is 0 Å². The summed E-state index contributed by atoms with van der Waals surface area (Å²) in [5.74, 6) is 0.483. The Kier molecular flexibility index (Phi) is 5.83. The number of nitrogens with zero attached hydrogens (tertiary/aromatic N) is 1. The zero-order valence-corrected chi connectivity index (χ0v) is 11.4. The molecule has 0 fully saturated rings. The van der Waals surface area contributed by atoms with Crippen LogP contribution in [0.5, 0.6) is 0 Å². The minimum Gasteiger partial charge on any atom is -0.346 e. The van der Waals surface area contributed by atoms with E-state index in [4.69, 9.17) is 0 Å². The number of carbonyl (C=O) groups is 1. The van der Waals surface area contributed by atoms with Crippen LogP contribution in [0.1, 0.15) is 32.3 Å². The molecule has 0 bridgehead atoms. The number of benzene rings is 1. The average molecular weight is 251 g/mol. The molecule has 0 aliphatic rings. The van der Waals surface area contributed by atoms with E-state index < -0.39 is 0 Å². The molecular formula is C15H22FNO. The van der Waals surface area contributed by atoms with Gasteiger partial charge in [0.2, 0.25) is 5.91 Å². The highest BCUT2D eigenvalue weighted by Gasteiger charge is 2.09. The molecule has 100 valence electrons. The first-order valence-electron chi connectivity index (χ1n) is 6.47. The molecule has 1 aromatic rings. The van der Waals surface area contributed by atoms with Crippen molar-refractivity contribution in [3.05, 3.63) is 35.6 Å². The second-order valence-corrected chi connectivity index (χ2v) is 5.13. The highest BCUT2D eigenvalue weighted by atomic mass is 19.1. The van der Waals surface area contributed by atoms with Crippen LogP contribution in [0.25, 0.3) is 0 Å². The molecule has 0 saturated carbocycles. The summed E-state index contributed by atoms with van der Waals surface area (Å²) in [6.07, 6.45) is 2.06. The summed E-state index contributed by atoms with van der Waals surface area (Å²) in [6.45, 7) is 5.08. The second kappa shape index (κ2) is 7.14. The van der Waals surface area contributed by atoms with Gasteiger partial charge in [0, 0.05) is 20.0 Å². The number of amides is 1. The third-order valence-corrected chi connectivity index (χ3v) is 2.98. The molecule has 0 atom stereocenters. The van der Waals surface area contributed by atoms with Crippen molar-refractivity contribution in [2.45, 2.75) is 33.1 Å². The maximum atomic E-state index is 13.0. The van der Waals surface area contributed by atoms with Crippen LogP contribution < -0.4 is 0 Å². The van der Waals surface area contributed by atoms with Gasteiger partial charge in [-0.3, -0.25) is 4.79 Å². The Morgan fingerprint density at radius 3 is 2.72 bits per heavy atom. The Morgan fingerprint density at radius 2 is 2.11 bits per heavy atom. The van der Waals surface area contributed by atoms with E-state index in [1.807, 2.05) is 13.1 Å². The van der Waals surface area contributed by atoms with E-state index in [1.54, 1.807) is 11.0 Å². The van der Waals surface area contributed by atoms with Crippen molar-refractivity contribution in [2.75, 3.05) is 13.6 Å². The third-order valence-electron chi connectivity index (χ3n) is 2.98. The molecule has 0 unspecified atom stereocenters. The van der Waals surface area contributed by atoms with Crippen LogP contribution in [0.15, 0.2) is 24.3 Å². The molecule has 0 aromatic heterocycles. The lowest BCUT2D eigenvalue weighted by Crippen LogP contribution is -2.28. The molecule has 1 amide bonds. The zero-order valence-electron chi connectivity index (χ0n) is 11.4. The van der Waals surface area contributed by atoms with Crippen molar-refractivity contribution < 1.29 is 9.18 Å². The predicted molar refractivity (Wildman–Crippen MR) is 71.8 cm³/mol. The van der Waals surface area contributed by atoms with Crippen LogP contribution >= 0.6 is 0 Å². The van der Waals surface area contributed by atoms with Crippen molar-refractivity contribution in [3.63, 3.8) is 0 Å². The minimum atomic E-state index is -0.242. The molecule has 3 heteroatoms. The van der Waals surface area contributed by atoms with E-state index in [1.165, 1.54) is 12.1 Å². The fourth-order valence-electron chi connectivity index (χ4n) is 1.71. The summed E-state index contributed by atoms with van der Waals surface area (Å²) in [4.78, 5) is 13.6. The summed E-state index contributed by atoms with van der Waals surface area (Å²) in [7, 11) is 1.83. The van der Waals surface area contributed by atoms with E-state index in [9.17, 15) is 9.18 Å². The van der Waals surface area contributed by atoms with Crippen LogP contribution in [0.3, 0.4) is 0 Å². The topological polar surface area (TPSA) is 20.3 Å². The summed E-state index contributed by atoms with van der Waals surface area (Å²) in [6, 6.07) is 6.43. The van der Waals surface area contributed by atoms with Gasteiger partial charge in [-0.15, -0.1) is 0 Å². The van der Waals surface area contributed by atoms with E-state index in [2.05, 4.69) is 13.8 Å². The number of halogens is 1. The SMILES string of the molecule is CC(C)CCN(C)C(=O)CCc1cccc(F)c1. The molecule has 0 radical (unpaired) electrons. The number of hydrogen-bond acceptors (Lipinski definition) is 1. The Balaban J connectivity index is 2.36. The van der Waals surface area contributed by atoms with Crippen molar-refractivity contribution in [1.82, 2.24) is 4.90 Å². The van der Waals surface area contributed by atoms with Crippen LogP contribution in [-0.4, -0.2) is 24.4 Å². The molecule has 0 heterocycles. The van der Waals surface area contributed by atoms with E-state index >= 15 is 0 Å². The fourth-order valence-corrected chi connectivity index (χ4v) is 1.71. The molecule has 0 spiro atoms. The third kappa shape index (κ3) is 5.30. The molecule has 0 aliphatic heterocycles. The highest BCUT2D eigenvalue weighted by molar-refractivity contribution is 5.76. The monoisotopic (exact) mass is 251 g/mol. The smallest absolute Gasteiger partial charge is 0.222 e. The van der Waals surface area contributed by atoms with Crippen molar-refractivity contribution >= 4 is 5.91 Å². The lowest BCUT2D eigenvalue weighted by Gasteiger charge is -2.18. The lowest BCUT2D eigenvalue weighted by atomic mass is 10.1. The molecule has 2 nitrogen and oxygen atoms in total. The summed E-state index contributed by atoms with van der Waals surface area (Å²) in [5, 5.41) is 0. The van der Waals surface area contributed by atoms with E-state index in [0.717, 1.165) is 18.5 Å². The molecular weight excluding hydrogens is 229 g/mol. The van der Waals surface area contributed by atoms with Gasteiger partial charge in [-0.05, 0) is 36.5 Å². The predicted octanol–water partition coefficient (Wildman–Crippen LogP) is 3.26. The normalized spacial score (nSPS) is 10.7. The molecule has 1 rings (SSSR count). The molecule has 18 heavy (non-hydrogen) atoms. The largest absolute Gasteiger partial charge is 0.346 e. The Labute approximate surface area is 109 Å². The van der Waals surface area contributed by atoms with Gasteiger partial charge in [0.15, 0.2) is 0 Å². The van der Waals surface area contributed by atoms with Crippen LogP contribution in [-0.2, 0) is 11.2 Å². The van der Waals surface area contributed by atoms with Crippen molar-refractivity contribution in [2.24, 2.45) is 5.92 Å². The average Bonchev–Trinajstić information content (AvgIpc) is 2.33. The van der Waals surface area contributed by atoms with Gasteiger partial charge in [-0.2, -0.15) is 0 Å². The van der Waals surface area contributed by atoms with Gasteiger partial charge in [0.05, 0.1) is 0 Å². The summed E-state index contributed by atoms with van der Waals surface area (Å²) in [5.41, 5.74) is 0.876. The second-order valence-electron chi connectivity index (χ2n) is 5.13. The highest BCUT2D eigenvalue weighted by Crippen LogP contribution is 2.08. The Morgan fingerprint density at radius 1 is 1.39 bits per heavy atom. The fraction of sp³-hybridized carbons (Fsp3) is 0.533. The minimum absolute atomic E-state index is 0.125. The molecule has 0 N–H and O–H groups in total. The quantitative estimate of drug-likeness (QED) is 0.760. The Hall–Kier alpha value is -1.38. The summed E-state index contributed by atoms with van der Waals surface area (Å²) >= 11 is 0. The summed E-state index contributed by atoms with van der Waals surface area (Å²) < 4.78 is 13.0. The van der Waals surface area contributed by atoms with Gasteiger partial charge in [0.25, 0.3) is 0 Å². The molecule has 1 aromatic carbocycles. The van der Waals surface area contributed by atoms with Crippen LogP contribution in [0.4, 0.5) is 4.39 Å². The van der Waals surface area contributed by atoms with Gasteiger partial charge < -0.3 is 4.90 Å².